The largest absolute Gasteiger partial charge is 0.468 e. The Labute approximate surface area is 155 Å². The zero-order valence-corrected chi connectivity index (χ0v) is 15.3. The maximum atomic E-state index is 13.2. The van der Waals surface area contributed by atoms with E-state index >= 15 is 0 Å². The molecular formula is C18H15ClFNO4S. The summed E-state index contributed by atoms with van der Waals surface area (Å²) < 4.78 is 45.3. The minimum Gasteiger partial charge on any atom is -0.468 e. The van der Waals surface area contributed by atoms with Crippen LogP contribution >= 0.6 is 11.6 Å². The molecule has 8 heteroatoms. The number of benzene rings is 2. The lowest BCUT2D eigenvalue weighted by atomic mass is 9.81. The van der Waals surface area contributed by atoms with Crippen LogP contribution in [0.25, 0.3) is 0 Å². The number of fused-ring (bicyclic) bond motifs is 4. The topological polar surface area (TPSA) is 72.5 Å². The number of nitrogens with one attached hydrogen (secondary N) is 1. The van der Waals surface area contributed by atoms with Gasteiger partial charge in [0.2, 0.25) is 5.91 Å². The average Bonchev–Trinajstić information content (AvgIpc) is 2.55. The monoisotopic (exact) mass is 395 g/mol. The van der Waals surface area contributed by atoms with Gasteiger partial charge in [0.05, 0.1) is 4.90 Å². The van der Waals surface area contributed by atoms with E-state index in [-0.39, 0.29) is 11.3 Å². The maximum Gasteiger partial charge on any atom is 0.242 e. The van der Waals surface area contributed by atoms with Crippen LogP contribution in [0.1, 0.15) is 24.8 Å². The van der Waals surface area contributed by atoms with Gasteiger partial charge in [0, 0.05) is 22.9 Å². The van der Waals surface area contributed by atoms with Crippen LogP contribution in [0.3, 0.4) is 0 Å². The molecule has 1 amide bonds. The van der Waals surface area contributed by atoms with Crippen molar-refractivity contribution >= 4 is 27.3 Å². The van der Waals surface area contributed by atoms with Gasteiger partial charge in [-0.3, -0.25) is 4.79 Å². The molecule has 3 atom stereocenters. The number of hydrogen-bond acceptors (Lipinski definition) is 4. The normalized spacial score (nSPS) is 27.3. The Hall–Kier alpha value is -2.12. The lowest BCUT2D eigenvalue weighted by Crippen LogP contribution is -2.63. The number of piperidine rings is 1. The Kier molecular flexibility index (Phi) is 3.79. The molecule has 1 N–H and O–H groups in total. The lowest BCUT2D eigenvalue weighted by molar-refractivity contribution is -0.132. The Morgan fingerprint density at radius 3 is 2.62 bits per heavy atom. The van der Waals surface area contributed by atoms with Crippen molar-refractivity contribution in [1.82, 2.24) is 5.32 Å². The first-order valence-corrected chi connectivity index (χ1v) is 9.92. The first kappa shape index (κ1) is 17.3. The molecule has 2 aromatic carbocycles. The third-order valence-electron chi connectivity index (χ3n) is 4.80. The first-order valence-electron chi connectivity index (χ1n) is 8.00. The van der Waals surface area contributed by atoms with Crippen LogP contribution < -0.4 is 10.1 Å². The van der Waals surface area contributed by atoms with Crippen molar-refractivity contribution in [2.45, 2.75) is 35.1 Å². The molecule has 2 aromatic rings. The number of ether oxygens (including phenoxy) is 1. The Bertz CT molecular complexity index is 1010. The first-order chi connectivity index (χ1) is 12.2. The molecule has 1 saturated heterocycles. The smallest absolute Gasteiger partial charge is 0.242 e. The quantitative estimate of drug-likeness (QED) is 0.793. The maximum absolute atomic E-state index is 13.2. The van der Waals surface area contributed by atoms with Gasteiger partial charge in [-0.05, 0) is 49.4 Å². The predicted octanol–water partition coefficient (Wildman–Crippen LogP) is 3.03. The summed E-state index contributed by atoms with van der Waals surface area (Å²) in [6, 6.07) is 9.41. The molecule has 0 aliphatic carbocycles. The van der Waals surface area contributed by atoms with Gasteiger partial charge in [-0.15, -0.1) is 0 Å². The second kappa shape index (κ2) is 5.69. The highest BCUT2D eigenvalue weighted by Gasteiger charge is 2.54. The highest BCUT2D eigenvalue weighted by Crippen LogP contribution is 2.47. The number of halogens is 2. The van der Waals surface area contributed by atoms with Gasteiger partial charge in [0.1, 0.15) is 11.6 Å². The summed E-state index contributed by atoms with van der Waals surface area (Å²) in [7, 11) is -4.04. The van der Waals surface area contributed by atoms with Gasteiger partial charge < -0.3 is 10.1 Å². The van der Waals surface area contributed by atoms with Gasteiger partial charge >= 0.3 is 0 Å². The molecule has 0 unspecified atom stereocenters. The van der Waals surface area contributed by atoms with Gasteiger partial charge in [-0.1, -0.05) is 11.6 Å². The van der Waals surface area contributed by atoms with Crippen molar-refractivity contribution in [3.05, 3.63) is 58.9 Å². The number of amides is 1. The lowest BCUT2D eigenvalue weighted by Gasteiger charge is -2.46. The van der Waals surface area contributed by atoms with Crippen LogP contribution in [0, 0.1) is 5.82 Å². The van der Waals surface area contributed by atoms with Crippen LogP contribution in [0.5, 0.6) is 5.75 Å². The summed E-state index contributed by atoms with van der Waals surface area (Å²) >= 11 is 6.07. The Morgan fingerprint density at radius 1 is 1.23 bits per heavy atom. The molecule has 136 valence electrons. The van der Waals surface area contributed by atoms with Gasteiger partial charge in [0.25, 0.3) is 0 Å². The number of sulfone groups is 1. The van der Waals surface area contributed by atoms with E-state index in [1.807, 2.05) is 0 Å². The highest BCUT2D eigenvalue weighted by molar-refractivity contribution is 7.92. The molecule has 26 heavy (non-hydrogen) atoms. The fraction of sp³-hybridized carbons (Fsp3) is 0.278. The summed E-state index contributed by atoms with van der Waals surface area (Å²) in [5.74, 6) is -1.31. The van der Waals surface area contributed by atoms with Gasteiger partial charge in [0.15, 0.2) is 20.8 Å². The van der Waals surface area contributed by atoms with Gasteiger partial charge in [-0.2, -0.15) is 0 Å². The fourth-order valence-electron chi connectivity index (χ4n) is 3.71. The molecule has 2 bridgehead atoms. The van der Waals surface area contributed by atoms with E-state index < -0.39 is 38.5 Å². The standard InChI is InChI=1S/C18H15ClFNO4S/c1-18-9-14(13-8-10(19)2-7-15(13)25-18)16(17(22)21-18)26(23,24)12-5-3-11(20)4-6-12/h2-8,14,16H,9H2,1H3,(H,21,22)/t14-,16+,18-/m0/s1. The Morgan fingerprint density at radius 2 is 1.92 bits per heavy atom. The van der Waals surface area contributed by atoms with Crippen molar-refractivity contribution in [2.75, 3.05) is 0 Å². The van der Waals surface area contributed by atoms with E-state index in [2.05, 4.69) is 5.32 Å². The molecule has 4 rings (SSSR count). The summed E-state index contributed by atoms with van der Waals surface area (Å²) in [6.45, 7) is 1.70. The minimum absolute atomic E-state index is 0.0993. The SMILES string of the molecule is C[C@@]12C[C@@H](c3cc(Cl)ccc3O1)[C@@H](S(=O)(=O)c1ccc(F)cc1)C(=O)N2. The molecule has 0 spiro atoms. The van der Waals surface area contributed by atoms with Crippen molar-refractivity contribution < 1.29 is 22.3 Å². The highest BCUT2D eigenvalue weighted by atomic mass is 35.5. The average molecular weight is 396 g/mol. The molecule has 0 radical (unpaired) electrons. The zero-order chi connectivity index (χ0) is 18.7. The molecule has 0 aromatic heterocycles. The third kappa shape index (κ3) is 2.66. The molecule has 5 nitrogen and oxygen atoms in total. The fourth-order valence-corrected chi connectivity index (χ4v) is 5.71. The summed E-state index contributed by atoms with van der Waals surface area (Å²) in [6.07, 6.45) is 0.289. The van der Waals surface area contributed by atoms with E-state index in [0.717, 1.165) is 12.1 Å². The summed E-state index contributed by atoms with van der Waals surface area (Å²) in [5.41, 5.74) is -0.405. The van der Waals surface area contributed by atoms with E-state index in [1.54, 1.807) is 25.1 Å². The molecular weight excluding hydrogens is 381 g/mol. The Balaban J connectivity index is 1.86. The number of carbonyl (C=O) groups excluding carboxylic acids is 1. The van der Waals surface area contributed by atoms with Crippen LogP contribution in [0.15, 0.2) is 47.4 Å². The second-order valence-corrected chi connectivity index (χ2v) is 9.24. The van der Waals surface area contributed by atoms with E-state index in [9.17, 15) is 17.6 Å². The molecule has 2 aliphatic heterocycles. The van der Waals surface area contributed by atoms with E-state index in [4.69, 9.17) is 16.3 Å². The number of hydrogen-bond donors (Lipinski definition) is 1. The van der Waals surface area contributed by atoms with Crippen LogP contribution in [-0.4, -0.2) is 25.3 Å². The summed E-state index contributed by atoms with van der Waals surface area (Å²) in [4.78, 5) is 12.6. The van der Waals surface area contributed by atoms with Crippen LogP contribution in [0.2, 0.25) is 5.02 Å². The molecule has 0 saturated carbocycles. The minimum atomic E-state index is -4.04. The molecule has 1 fully saturated rings. The van der Waals surface area contributed by atoms with Crippen molar-refractivity contribution in [3.8, 4) is 5.75 Å². The number of carbonyl (C=O) groups is 1. The number of rotatable bonds is 2. The second-order valence-electron chi connectivity index (χ2n) is 6.73. The molecule has 2 heterocycles. The third-order valence-corrected chi connectivity index (χ3v) is 7.18. The van der Waals surface area contributed by atoms with Crippen molar-refractivity contribution in [3.63, 3.8) is 0 Å². The summed E-state index contributed by atoms with van der Waals surface area (Å²) in [5, 5.41) is 1.75. The van der Waals surface area contributed by atoms with Crippen LogP contribution in [0.4, 0.5) is 4.39 Å². The van der Waals surface area contributed by atoms with Crippen LogP contribution in [-0.2, 0) is 14.6 Å². The van der Waals surface area contributed by atoms with E-state index in [0.29, 0.717) is 16.3 Å². The zero-order valence-electron chi connectivity index (χ0n) is 13.7. The van der Waals surface area contributed by atoms with E-state index in [1.165, 1.54) is 12.1 Å². The molecule has 2 aliphatic rings. The van der Waals surface area contributed by atoms with Crippen molar-refractivity contribution in [1.29, 1.82) is 0 Å². The van der Waals surface area contributed by atoms with Crippen molar-refractivity contribution in [2.24, 2.45) is 0 Å². The predicted molar refractivity (Wildman–Crippen MR) is 93.4 cm³/mol. The van der Waals surface area contributed by atoms with Gasteiger partial charge in [-0.25, -0.2) is 12.8 Å².